The van der Waals surface area contributed by atoms with E-state index in [0.29, 0.717) is 12.0 Å². The Labute approximate surface area is 138 Å². The van der Waals surface area contributed by atoms with E-state index in [0.717, 1.165) is 29.7 Å². The standard InChI is InChI=1S/C17H26Cl2N2/c1-3-9-20-12-13-6-4-5-10-21(2)17(13)15-11-14(18)7-8-16(15)19/h7-8,11,13,17,20H,3-6,9-10,12H2,1-2H3. The van der Waals surface area contributed by atoms with Gasteiger partial charge in [0.2, 0.25) is 0 Å². The van der Waals surface area contributed by atoms with Gasteiger partial charge in [-0.15, -0.1) is 0 Å². The molecule has 0 aliphatic carbocycles. The van der Waals surface area contributed by atoms with Gasteiger partial charge in [0.1, 0.15) is 0 Å². The molecule has 0 saturated carbocycles. The van der Waals surface area contributed by atoms with Gasteiger partial charge in [0.15, 0.2) is 0 Å². The maximum absolute atomic E-state index is 6.47. The molecule has 1 fully saturated rings. The van der Waals surface area contributed by atoms with Crippen molar-refractivity contribution < 1.29 is 0 Å². The molecule has 2 atom stereocenters. The first-order valence-electron chi connectivity index (χ1n) is 7.99. The SMILES string of the molecule is CCCNCC1CCCCN(C)C1c1cc(Cl)ccc1Cl. The van der Waals surface area contributed by atoms with Crippen LogP contribution in [0.25, 0.3) is 0 Å². The molecule has 0 spiro atoms. The summed E-state index contributed by atoms with van der Waals surface area (Å²) in [4.78, 5) is 2.45. The van der Waals surface area contributed by atoms with Crippen LogP contribution in [0.4, 0.5) is 0 Å². The number of hydrogen-bond donors (Lipinski definition) is 1. The average molecular weight is 329 g/mol. The van der Waals surface area contributed by atoms with Crippen LogP contribution in [-0.2, 0) is 0 Å². The average Bonchev–Trinajstić information content (AvgIpc) is 2.64. The van der Waals surface area contributed by atoms with E-state index < -0.39 is 0 Å². The number of rotatable bonds is 5. The van der Waals surface area contributed by atoms with E-state index in [9.17, 15) is 0 Å². The summed E-state index contributed by atoms with van der Waals surface area (Å²) in [7, 11) is 2.21. The third-order valence-corrected chi connectivity index (χ3v) is 4.95. The Kier molecular flexibility index (Phi) is 6.81. The largest absolute Gasteiger partial charge is 0.316 e. The fraction of sp³-hybridized carbons (Fsp3) is 0.647. The zero-order valence-electron chi connectivity index (χ0n) is 13.0. The van der Waals surface area contributed by atoms with Crippen molar-refractivity contribution in [3.05, 3.63) is 33.8 Å². The summed E-state index contributed by atoms with van der Waals surface area (Å²) in [5.74, 6) is 0.583. The lowest BCUT2D eigenvalue weighted by molar-refractivity contribution is 0.189. The molecule has 0 radical (unpaired) electrons. The van der Waals surface area contributed by atoms with Gasteiger partial charge in [-0.25, -0.2) is 0 Å². The quantitative estimate of drug-likeness (QED) is 0.783. The summed E-state index contributed by atoms with van der Waals surface area (Å²) in [5, 5.41) is 5.19. The minimum atomic E-state index is 0.350. The van der Waals surface area contributed by atoms with Gasteiger partial charge in [-0.1, -0.05) is 36.5 Å². The fourth-order valence-electron chi connectivity index (χ4n) is 3.34. The Bertz CT molecular complexity index is 450. The first-order chi connectivity index (χ1) is 10.1. The highest BCUT2D eigenvalue weighted by Crippen LogP contribution is 2.38. The van der Waals surface area contributed by atoms with Gasteiger partial charge in [-0.3, -0.25) is 4.90 Å². The Morgan fingerprint density at radius 3 is 2.86 bits per heavy atom. The van der Waals surface area contributed by atoms with Crippen molar-refractivity contribution in [2.75, 3.05) is 26.7 Å². The lowest BCUT2D eigenvalue weighted by Gasteiger charge is -2.33. The van der Waals surface area contributed by atoms with Gasteiger partial charge < -0.3 is 5.32 Å². The highest BCUT2D eigenvalue weighted by molar-refractivity contribution is 6.33. The molecule has 2 unspecified atom stereocenters. The van der Waals surface area contributed by atoms with Crippen molar-refractivity contribution in [1.82, 2.24) is 10.2 Å². The van der Waals surface area contributed by atoms with E-state index >= 15 is 0 Å². The smallest absolute Gasteiger partial charge is 0.0455 e. The van der Waals surface area contributed by atoms with Crippen molar-refractivity contribution in [3.8, 4) is 0 Å². The molecule has 2 nitrogen and oxygen atoms in total. The van der Waals surface area contributed by atoms with Crippen LogP contribution < -0.4 is 5.32 Å². The molecule has 1 heterocycles. The van der Waals surface area contributed by atoms with Crippen molar-refractivity contribution >= 4 is 23.2 Å². The van der Waals surface area contributed by atoms with E-state index in [4.69, 9.17) is 23.2 Å². The predicted molar refractivity (Wildman–Crippen MR) is 92.3 cm³/mol. The predicted octanol–water partition coefficient (Wildman–Crippen LogP) is 4.77. The van der Waals surface area contributed by atoms with E-state index in [1.807, 2.05) is 18.2 Å². The molecule has 2 rings (SSSR count). The Hall–Kier alpha value is -0.280. The van der Waals surface area contributed by atoms with Crippen molar-refractivity contribution in [3.63, 3.8) is 0 Å². The lowest BCUT2D eigenvalue weighted by atomic mass is 9.89. The molecule has 1 saturated heterocycles. The van der Waals surface area contributed by atoms with Gasteiger partial charge in [0.25, 0.3) is 0 Å². The maximum atomic E-state index is 6.47. The Morgan fingerprint density at radius 1 is 1.29 bits per heavy atom. The van der Waals surface area contributed by atoms with Crippen LogP contribution in [0.3, 0.4) is 0 Å². The number of benzene rings is 1. The second-order valence-corrected chi connectivity index (χ2v) is 6.89. The molecule has 1 aliphatic heterocycles. The number of nitrogens with zero attached hydrogens (tertiary/aromatic N) is 1. The summed E-state index contributed by atoms with van der Waals surface area (Å²) in [5.41, 5.74) is 1.18. The van der Waals surface area contributed by atoms with Gasteiger partial charge in [-0.2, -0.15) is 0 Å². The molecule has 0 aromatic heterocycles. The minimum Gasteiger partial charge on any atom is -0.316 e. The number of hydrogen-bond acceptors (Lipinski definition) is 2. The molecule has 4 heteroatoms. The zero-order valence-corrected chi connectivity index (χ0v) is 14.6. The van der Waals surface area contributed by atoms with Crippen LogP contribution in [0, 0.1) is 5.92 Å². The highest BCUT2D eigenvalue weighted by atomic mass is 35.5. The molecule has 1 N–H and O–H groups in total. The first-order valence-corrected chi connectivity index (χ1v) is 8.75. The number of halogens is 2. The number of nitrogens with one attached hydrogen (secondary N) is 1. The zero-order chi connectivity index (χ0) is 15.2. The van der Waals surface area contributed by atoms with E-state index in [-0.39, 0.29) is 0 Å². The highest BCUT2D eigenvalue weighted by Gasteiger charge is 2.30. The van der Waals surface area contributed by atoms with E-state index in [1.165, 1.54) is 31.2 Å². The van der Waals surface area contributed by atoms with Gasteiger partial charge in [0, 0.05) is 16.1 Å². The van der Waals surface area contributed by atoms with Crippen molar-refractivity contribution in [1.29, 1.82) is 0 Å². The summed E-state index contributed by atoms with van der Waals surface area (Å²) in [6.45, 7) is 5.46. The van der Waals surface area contributed by atoms with Gasteiger partial charge in [0.05, 0.1) is 0 Å². The summed E-state index contributed by atoms with van der Waals surface area (Å²) >= 11 is 12.7. The van der Waals surface area contributed by atoms with Gasteiger partial charge >= 0.3 is 0 Å². The molecular formula is C17H26Cl2N2. The normalized spacial score (nSPS) is 24.0. The van der Waals surface area contributed by atoms with Crippen LogP contribution in [-0.4, -0.2) is 31.6 Å². The monoisotopic (exact) mass is 328 g/mol. The third-order valence-electron chi connectivity index (χ3n) is 4.37. The van der Waals surface area contributed by atoms with E-state index in [1.54, 1.807) is 0 Å². The fourth-order valence-corrected chi connectivity index (χ4v) is 3.75. The second-order valence-electron chi connectivity index (χ2n) is 6.05. The Balaban J connectivity index is 2.25. The molecule has 118 valence electrons. The van der Waals surface area contributed by atoms with Crippen molar-refractivity contribution in [2.45, 2.75) is 38.6 Å². The van der Waals surface area contributed by atoms with Crippen LogP contribution in [0.2, 0.25) is 10.0 Å². The molecule has 21 heavy (non-hydrogen) atoms. The molecule has 1 aromatic carbocycles. The molecule has 0 amide bonds. The van der Waals surface area contributed by atoms with Crippen LogP contribution in [0.5, 0.6) is 0 Å². The maximum Gasteiger partial charge on any atom is 0.0455 e. The van der Waals surface area contributed by atoms with Crippen LogP contribution in [0.1, 0.15) is 44.2 Å². The van der Waals surface area contributed by atoms with Crippen molar-refractivity contribution in [2.24, 2.45) is 5.92 Å². The second kappa shape index (κ2) is 8.38. The Morgan fingerprint density at radius 2 is 2.10 bits per heavy atom. The number of likely N-dealkylation sites (tertiary alicyclic amines) is 1. The van der Waals surface area contributed by atoms with Gasteiger partial charge in [-0.05, 0) is 75.6 Å². The molecule has 1 aromatic rings. The topological polar surface area (TPSA) is 15.3 Å². The first kappa shape index (κ1) is 17.1. The summed E-state index contributed by atoms with van der Waals surface area (Å²) in [6.07, 6.45) is 4.96. The van der Waals surface area contributed by atoms with Crippen LogP contribution >= 0.6 is 23.2 Å². The molecular weight excluding hydrogens is 303 g/mol. The summed E-state index contributed by atoms with van der Waals surface area (Å²) in [6, 6.07) is 6.19. The third kappa shape index (κ3) is 4.59. The van der Waals surface area contributed by atoms with Crippen LogP contribution in [0.15, 0.2) is 18.2 Å². The molecule has 1 aliphatic rings. The van der Waals surface area contributed by atoms with E-state index in [2.05, 4.69) is 24.2 Å². The lowest BCUT2D eigenvalue weighted by Crippen LogP contribution is -2.35. The molecule has 0 bridgehead atoms. The summed E-state index contributed by atoms with van der Waals surface area (Å²) < 4.78 is 0. The minimum absolute atomic E-state index is 0.350.